The molecule has 0 radical (unpaired) electrons. The topological polar surface area (TPSA) is 115 Å². The van der Waals surface area contributed by atoms with Crippen LogP contribution in [0.4, 0.5) is 30.6 Å². The molecule has 0 bridgehead atoms. The summed E-state index contributed by atoms with van der Waals surface area (Å²) in [5, 5.41) is 7.48. The summed E-state index contributed by atoms with van der Waals surface area (Å²) < 4.78 is 45.4. The van der Waals surface area contributed by atoms with E-state index in [1.807, 2.05) is 0 Å². The molecule has 0 atom stereocenters. The molecule has 11 heteroatoms. The molecule has 0 amide bonds. The van der Waals surface area contributed by atoms with Crippen LogP contribution in [-0.4, -0.2) is 40.1 Å². The van der Waals surface area contributed by atoms with Crippen molar-refractivity contribution in [3.63, 3.8) is 0 Å². The minimum atomic E-state index is -4.59. The molecule has 3 aromatic rings. The lowest BCUT2D eigenvalue weighted by Gasteiger charge is -2.28. The molecule has 1 aliphatic rings. The van der Waals surface area contributed by atoms with Gasteiger partial charge in [-0.25, -0.2) is 4.98 Å². The number of methoxy groups -OCH3 is 1. The number of carbonyl (C=O) groups excluding carboxylic acids is 1. The Morgan fingerprint density at radius 2 is 1.94 bits per heavy atom. The maximum Gasteiger partial charge on any atom is 0.421 e. The highest BCUT2D eigenvalue weighted by molar-refractivity contribution is 5.90. The van der Waals surface area contributed by atoms with Gasteiger partial charge in [0.1, 0.15) is 11.4 Å². The Bertz CT molecular complexity index is 1180. The summed E-state index contributed by atoms with van der Waals surface area (Å²) in [7, 11) is 1.31. The molecule has 2 heterocycles. The zero-order chi connectivity index (χ0) is 24.3. The van der Waals surface area contributed by atoms with Crippen molar-refractivity contribution in [1.82, 2.24) is 15.0 Å². The summed E-state index contributed by atoms with van der Waals surface area (Å²) in [4.78, 5) is 23.9. The molecule has 1 aliphatic carbocycles. The Morgan fingerprint density at radius 1 is 1.18 bits per heavy atom. The zero-order valence-electron chi connectivity index (χ0n) is 18.5. The third kappa shape index (κ3) is 5.53. The molecule has 0 unspecified atom stereocenters. The number of anilines is 3. The quantitative estimate of drug-likeness (QED) is 0.456. The van der Waals surface area contributed by atoms with Crippen LogP contribution in [0, 0.1) is 0 Å². The maximum atomic E-state index is 13.6. The van der Waals surface area contributed by atoms with Crippen LogP contribution >= 0.6 is 0 Å². The van der Waals surface area contributed by atoms with Crippen LogP contribution in [0.1, 0.15) is 36.9 Å². The lowest BCUT2D eigenvalue weighted by molar-refractivity contribution is -0.140. The lowest BCUT2D eigenvalue weighted by atomic mass is 9.92. The number of hydrogen-bond donors (Lipinski definition) is 3. The number of carbonyl (C=O) groups is 1. The van der Waals surface area contributed by atoms with E-state index >= 15 is 0 Å². The summed E-state index contributed by atoms with van der Waals surface area (Å²) in [6.45, 7) is 0. The first-order valence-electron chi connectivity index (χ1n) is 10.9. The smallest absolute Gasteiger partial charge is 0.421 e. The van der Waals surface area contributed by atoms with Crippen LogP contribution in [0.3, 0.4) is 0 Å². The van der Waals surface area contributed by atoms with Crippen LogP contribution in [0.15, 0.2) is 36.7 Å². The fourth-order valence-corrected chi connectivity index (χ4v) is 4.01. The second-order valence-corrected chi connectivity index (χ2v) is 8.28. The van der Waals surface area contributed by atoms with Crippen molar-refractivity contribution in [2.75, 3.05) is 17.7 Å². The van der Waals surface area contributed by atoms with Crippen molar-refractivity contribution in [2.45, 2.75) is 50.4 Å². The lowest BCUT2D eigenvalue weighted by Crippen LogP contribution is -2.33. The number of hydrogen-bond acceptors (Lipinski definition) is 8. The van der Waals surface area contributed by atoms with E-state index in [1.165, 1.54) is 7.11 Å². The molecular weight excluding hydrogens is 449 g/mol. The van der Waals surface area contributed by atoms with Gasteiger partial charge in [0.25, 0.3) is 0 Å². The number of fused-ring (bicyclic) bond motifs is 1. The van der Waals surface area contributed by atoms with Crippen molar-refractivity contribution < 1.29 is 22.7 Å². The summed E-state index contributed by atoms with van der Waals surface area (Å²) in [5.41, 5.74) is 6.15. The van der Waals surface area contributed by atoms with Crippen molar-refractivity contribution in [2.24, 2.45) is 5.73 Å². The summed E-state index contributed by atoms with van der Waals surface area (Å²) in [6, 6.07) is 7.01. The Balaban J connectivity index is 1.58. The van der Waals surface area contributed by atoms with Gasteiger partial charge in [-0.3, -0.25) is 9.78 Å². The third-order valence-corrected chi connectivity index (χ3v) is 5.85. The molecule has 1 saturated carbocycles. The Kier molecular flexibility index (Phi) is 6.82. The van der Waals surface area contributed by atoms with Gasteiger partial charge in [-0.05, 0) is 49.3 Å². The molecule has 1 aromatic carbocycles. The van der Waals surface area contributed by atoms with Gasteiger partial charge in [0.2, 0.25) is 5.95 Å². The Labute approximate surface area is 194 Å². The molecular formula is C23H25F3N6O2. The fourth-order valence-electron chi connectivity index (χ4n) is 4.01. The molecule has 1 fully saturated rings. The van der Waals surface area contributed by atoms with Crippen molar-refractivity contribution in [1.29, 1.82) is 0 Å². The zero-order valence-corrected chi connectivity index (χ0v) is 18.5. The number of alkyl halides is 3. The largest absolute Gasteiger partial charge is 0.469 e. The van der Waals surface area contributed by atoms with E-state index in [1.54, 1.807) is 30.5 Å². The molecule has 2 aromatic heterocycles. The molecule has 4 N–H and O–H groups in total. The van der Waals surface area contributed by atoms with Crippen molar-refractivity contribution in [3.05, 3.63) is 47.9 Å². The Hall–Kier alpha value is -3.47. The molecule has 0 aliphatic heterocycles. The van der Waals surface area contributed by atoms with E-state index in [4.69, 9.17) is 10.5 Å². The highest BCUT2D eigenvalue weighted by Gasteiger charge is 2.36. The fraction of sp³-hybridized carbons (Fsp3) is 0.391. The van der Waals surface area contributed by atoms with E-state index in [2.05, 4.69) is 25.6 Å². The number of esters is 1. The summed E-state index contributed by atoms with van der Waals surface area (Å²) in [5.74, 6) is -0.623. The maximum absolute atomic E-state index is 13.6. The van der Waals surface area contributed by atoms with Crippen LogP contribution < -0.4 is 16.4 Å². The van der Waals surface area contributed by atoms with E-state index in [-0.39, 0.29) is 30.3 Å². The number of ether oxygens (including phenoxy) is 1. The minimum absolute atomic E-state index is 0.0315. The Morgan fingerprint density at radius 3 is 2.65 bits per heavy atom. The number of halogens is 3. The SMILES string of the molecule is COC(=O)Cc1nccc2cc(Nc3ncc(C(F)(F)F)c(N[C@H]4CC[C@@H](N)CC4)n3)ccc12. The highest BCUT2D eigenvalue weighted by atomic mass is 19.4. The first-order valence-corrected chi connectivity index (χ1v) is 10.9. The van der Waals surface area contributed by atoms with Gasteiger partial charge in [0.15, 0.2) is 0 Å². The van der Waals surface area contributed by atoms with Crippen molar-refractivity contribution in [3.8, 4) is 0 Å². The van der Waals surface area contributed by atoms with Crippen LogP contribution in [-0.2, 0) is 22.1 Å². The molecule has 4 rings (SSSR count). The van der Waals surface area contributed by atoms with Gasteiger partial charge < -0.3 is 21.1 Å². The minimum Gasteiger partial charge on any atom is -0.469 e. The van der Waals surface area contributed by atoms with Crippen LogP contribution in [0.2, 0.25) is 0 Å². The number of benzene rings is 1. The highest BCUT2D eigenvalue weighted by Crippen LogP contribution is 2.35. The van der Waals surface area contributed by atoms with Gasteiger partial charge in [-0.15, -0.1) is 0 Å². The van der Waals surface area contributed by atoms with Gasteiger partial charge in [-0.1, -0.05) is 6.07 Å². The number of pyridine rings is 1. The molecule has 0 saturated heterocycles. The number of nitrogens with two attached hydrogens (primary N) is 1. The molecule has 8 nitrogen and oxygen atoms in total. The van der Waals surface area contributed by atoms with E-state index < -0.39 is 17.7 Å². The standard InChI is InChI=1S/C23H25F3N6O2/c1-34-20(33)11-19-17-7-6-16(10-13(17)8-9-28-19)31-22-29-12-18(23(24,25)26)21(32-22)30-15-4-2-14(27)3-5-15/h6-10,12,14-15H,2-5,11,27H2,1H3,(H2,29,30,31,32)/t14-,15+. The van der Waals surface area contributed by atoms with Crippen molar-refractivity contribution >= 4 is 34.2 Å². The normalized spacial score (nSPS) is 18.5. The van der Waals surface area contributed by atoms with Crippen LogP contribution in [0.5, 0.6) is 0 Å². The number of aromatic nitrogens is 3. The third-order valence-electron chi connectivity index (χ3n) is 5.85. The molecule has 180 valence electrons. The van der Waals surface area contributed by atoms with E-state index in [9.17, 15) is 18.0 Å². The average Bonchev–Trinajstić information content (AvgIpc) is 2.80. The summed E-state index contributed by atoms with van der Waals surface area (Å²) in [6.07, 6.45) is 0.665. The number of rotatable bonds is 6. The van der Waals surface area contributed by atoms with E-state index in [0.717, 1.165) is 29.8 Å². The first kappa shape index (κ1) is 23.7. The molecule has 34 heavy (non-hydrogen) atoms. The number of nitrogens with one attached hydrogen (secondary N) is 2. The first-order chi connectivity index (χ1) is 16.2. The summed E-state index contributed by atoms with van der Waals surface area (Å²) >= 11 is 0. The second kappa shape index (κ2) is 9.80. The van der Waals surface area contributed by atoms with Gasteiger partial charge >= 0.3 is 12.1 Å². The van der Waals surface area contributed by atoms with Gasteiger partial charge in [0.05, 0.1) is 19.2 Å². The predicted octanol–water partition coefficient (Wildman–Crippen LogP) is 4.18. The number of nitrogens with zero attached hydrogens (tertiary/aromatic N) is 3. The second-order valence-electron chi connectivity index (χ2n) is 8.28. The molecule has 0 spiro atoms. The monoisotopic (exact) mass is 474 g/mol. The van der Waals surface area contributed by atoms with Gasteiger partial charge in [0, 0.05) is 35.6 Å². The van der Waals surface area contributed by atoms with E-state index in [0.29, 0.717) is 24.2 Å². The predicted molar refractivity (Wildman–Crippen MR) is 122 cm³/mol. The van der Waals surface area contributed by atoms with Crippen LogP contribution in [0.25, 0.3) is 10.8 Å². The average molecular weight is 474 g/mol. The van der Waals surface area contributed by atoms with Gasteiger partial charge in [-0.2, -0.15) is 18.2 Å².